The van der Waals surface area contributed by atoms with Crippen molar-refractivity contribution in [2.45, 2.75) is 0 Å². The van der Waals surface area contributed by atoms with Crippen LogP contribution in [0.1, 0.15) is 0 Å². The predicted octanol–water partition coefficient (Wildman–Crippen LogP) is -0.723. The Balaban J connectivity index is 2.08. The second-order valence-electron chi connectivity index (χ2n) is 2.24. The van der Waals surface area contributed by atoms with Crippen molar-refractivity contribution in [2.75, 3.05) is 39.4 Å². The molecule has 0 aromatic rings. The zero-order chi connectivity index (χ0) is 6.53. The van der Waals surface area contributed by atoms with Crippen LogP contribution in [0.2, 0.25) is 0 Å². The summed E-state index contributed by atoms with van der Waals surface area (Å²) in [6.45, 7) is 5.64. The number of hydrogen-bond acceptors (Lipinski definition) is 3. The van der Waals surface area contributed by atoms with Gasteiger partial charge < -0.3 is 10.5 Å². The molecule has 1 aliphatic rings. The summed E-state index contributed by atoms with van der Waals surface area (Å²) in [5, 5.41) is 0. The van der Waals surface area contributed by atoms with E-state index in [4.69, 9.17) is 10.5 Å². The molecule has 9 heavy (non-hydrogen) atoms. The fourth-order valence-electron chi connectivity index (χ4n) is 1.01. The van der Waals surface area contributed by atoms with E-state index in [1.807, 2.05) is 0 Å². The van der Waals surface area contributed by atoms with Crippen molar-refractivity contribution in [1.29, 1.82) is 0 Å². The van der Waals surface area contributed by atoms with Crippen LogP contribution in [0.15, 0.2) is 0 Å². The molecule has 0 radical (unpaired) electrons. The van der Waals surface area contributed by atoms with Crippen LogP contribution in [-0.4, -0.2) is 44.3 Å². The molecule has 0 aliphatic carbocycles. The Bertz CT molecular complexity index is 68.7. The van der Waals surface area contributed by atoms with Gasteiger partial charge in [-0.15, -0.1) is 0 Å². The number of nitrogens with zero attached hydrogens (tertiary/aromatic N) is 1. The summed E-state index contributed by atoms with van der Waals surface area (Å²) in [5.74, 6) is 0. The lowest BCUT2D eigenvalue weighted by molar-refractivity contribution is 0.0394. The molecule has 1 aliphatic heterocycles. The molecule has 1 fully saturated rings. The van der Waals surface area contributed by atoms with Gasteiger partial charge in [0.2, 0.25) is 0 Å². The van der Waals surface area contributed by atoms with Gasteiger partial charge >= 0.3 is 0 Å². The number of ether oxygens (including phenoxy) is 1. The summed E-state index contributed by atoms with van der Waals surface area (Å²) in [6.07, 6.45) is 0. The first-order valence-corrected chi connectivity index (χ1v) is 3.43. The van der Waals surface area contributed by atoms with E-state index in [1.165, 1.54) is 0 Å². The van der Waals surface area contributed by atoms with Gasteiger partial charge in [-0.05, 0) is 0 Å². The maximum absolute atomic E-state index is 5.38. The summed E-state index contributed by atoms with van der Waals surface area (Å²) >= 11 is 0. The Labute approximate surface area is 55.8 Å². The van der Waals surface area contributed by atoms with E-state index in [2.05, 4.69) is 4.90 Å². The van der Waals surface area contributed by atoms with Crippen LogP contribution in [-0.2, 0) is 4.74 Å². The number of morpholine rings is 1. The molecule has 54 valence electrons. The molecule has 1 saturated heterocycles. The van der Waals surface area contributed by atoms with Gasteiger partial charge in [-0.1, -0.05) is 0 Å². The largest absolute Gasteiger partial charge is 0.379 e. The molecule has 1 rings (SSSR count). The minimum atomic E-state index is 0.764. The van der Waals surface area contributed by atoms with Crippen molar-refractivity contribution >= 4 is 0 Å². The molecule has 2 N–H and O–H groups in total. The molecule has 0 aromatic carbocycles. The smallest absolute Gasteiger partial charge is 0.0594 e. The van der Waals surface area contributed by atoms with Crippen molar-refractivity contribution in [3.05, 3.63) is 0 Å². The van der Waals surface area contributed by atoms with Crippen LogP contribution in [0, 0.1) is 0 Å². The average molecular weight is 134 g/mol. The quantitative estimate of drug-likeness (QED) is 0.506. The van der Waals surface area contributed by atoms with Gasteiger partial charge in [0.25, 0.3) is 0 Å². The van der Waals surface area contributed by atoms with E-state index in [-0.39, 0.29) is 0 Å². The molecule has 0 atom stereocenters. The summed E-state index contributed by atoms with van der Waals surface area (Å²) in [4.78, 5) is 2.32. The molecule has 0 amide bonds. The maximum atomic E-state index is 5.38. The van der Waals surface area contributed by atoms with E-state index in [0.717, 1.165) is 39.4 Å². The van der Waals surface area contributed by atoms with Gasteiger partial charge in [0.05, 0.1) is 13.2 Å². The standard InChI is InChI=1S/C6H14N2O/c7-1-2-8-3-5-9-6-4-8/h1-7H2/i3+1,4+1,5+1,6+1. The van der Waals surface area contributed by atoms with E-state index in [0.29, 0.717) is 0 Å². The third-order valence-corrected chi connectivity index (χ3v) is 1.55. The average Bonchev–Trinajstić information content (AvgIpc) is 1.91. The van der Waals surface area contributed by atoms with Gasteiger partial charge in [-0.3, -0.25) is 4.90 Å². The highest BCUT2D eigenvalue weighted by Gasteiger charge is 2.07. The Morgan fingerprint density at radius 2 is 2.00 bits per heavy atom. The van der Waals surface area contributed by atoms with E-state index >= 15 is 0 Å². The molecule has 3 nitrogen and oxygen atoms in total. The van der Waals surface area contributed by atoms with Crippen LogP contribution in [0.3, 0.4) is 0 Å². The molecule has 0 unspecified atom stereocenters. The lowest BCUT2D eigenvalue weighted by Crippen LogP contribution is -2.39. The first-order valence-electron chi connectivity index (χ1n) is 3.43. The lowest BCUT2D eigenvalue weighted by atomic mass is 10.6. The van der Waals surface area contributed by atoms with E-state index in [1.54, 1.807) is 0 Å². The molecular weight excluding hydrogens is 120 g/mol. The zero-order valence-corrected chi connectivity index (χ0v) is 5.68. The third kappa shape index (κ3) is 2.30. The Hall–Kier alpha value is -0.120. The summed E-state index contributed by atoms with van der Waals surface area (Å²) in [6, 6.07) is 0. The predicted molar refractivity (Wildman–Crippen MR) is 36.3 cm³/mol. The minimum Gasteiger partial charge on any atom is -0.379 e. The highest BCUT2D eigenvalue weighted by Crippen LogP contribution is 1.93. The highest BCUT2D eigenvalue weighted by atomic mass is 16.6. The normalized spacial score (nSPS) is 22.3. The molecule has 3 heteroatoms. The number of hydrogen-bond donors (Lipinski definition) is 1. The number of nitrogens with two attached hydrogens (primary N) is 1. The van der Waals surface area contributed by atoms with Gasteiger partial charge in [-0.2, -0.15) is 0 Å². The van der Waals surface area contributed by atoms with Crippen LogP contribution in [0.25, 0.3) is 0 Å². The Morgan fingerprint density at radius 3 is 2.56 bits per heavy atom. The topological polar surface area (TPSA) is 38.5 Å². The first-order chi connectivity index (χ1) is 4.43. The van der Waals surface area contributed by atoms with Gasteiger partial charge in [0, 0.05) is 26.2 Å². The Morgan fingerprint density at radius 1 is 1.33 bits per heavy atom. The van der Waals surface area contributed by atoms with Gasteiger partial charge in [0.1, 0.15) is 0 Å². The second-order valence-corrected chi connectivity index (χ2v) is 2.24. The molecule has 1 heterocycles. The van der Waals surface area contributed by atoms with Gasteiger partial charge in [0.15, 0.2) is 0 Å². The SMILES string of the molecule is NCCN1[13CH2][13CH2]O[13CH2][13CH2]1. The first kappa shape index (κ1) is 6.99. The van der Waals surface area contributed by atoms with Crippen molar-refractivity contribution < 1.29 is 4.74 Å². The number of rotatable bonds is 2. The van der Waals surface area contributed by atoms with E-state index < -0.39 is 0 Å². The van der Waals surface area contributed by atoms with Crippen molar-refractivity contribution in [2.24, 2.45) is 5.73 Å². The third-order valence-electron chi connectivity index (χ3n) is 1.55. The molecular formula is C6H14N2O. The second kappa shape index (κ2) is 3.82. The zero-order valence-electron chi connectivity index (χ0n) is 5.68. The fraction of sp³-hybridized carbons (Fsp3) is 1.00. The highest BCUT2D eigenvalue weighted by molar-refractivity contribution is 4.60. The van der Waals surface area contributed by atoms with Crippen LogP contribution >= 0.6 is 0 Å². The summed E-state index contributed by atoms with van der Waals surface area (Å²) < 4.78 is 5.16. The van der Waals surface area contributed by atoms with Crippen LogP contribution < -0.4 is 5.73 Å². The minimum absolute atomic E-state index is 0.764. The van der Waals surface area contributed by atoms with Crippen LogP contribution in [0.4, 0.5) is 0 Å². The van der Waals surface area contributed by atoms with Crippen molar-refractivity contribution in [1.82, 2.24) is 4.90 Å². The Kier molecular flexibility index (Phi) is 2.97. The molecule has 0 aromatic heterocycles. The monoisotopic (exact) mass is 134 g/mol. The molecule has 0 saturated carbocycles. The van der Waals surface area contributed by atoms with Crippen molar-refractivity contribution in [3.8, 4) is 0 Å². The lowest BCUT2D eigenvalue weighted by Gasteiger charge is -2.25. The van der Waals surface area contributed by atoms with Gasteiger partial charge in [-0.25, -0.2) is 0 Å². The van der Waals surface area contributed by atoms with Crippen molar-refractivity contribution in [3.63, 3.8) is 0 Å². The molecule has 0 bridgehead atoms. The van der Waals surface area contributed by atoms with Crippen LogP contribution in [0.5, 0.6) is 0 Å². The summed E-state index contributed by atoms with van der Waals surface area (Å²) in [7, 11) is 0. The van der Waals surface area contributed by atoms with E-state index in [9.17, 15) is 0 Å². The summed E-state index contributed by atoms with van der Waals surface area (Å²) in [5.41, 5.74) is 5.38. The molecule has 0 spiro atoms. The fourth-order valence-corrected chi connectivity index (χ4v) is 1.01. The maximum Gasteiger partial charge on any atom is 0.0594 e.